The number of carbonyl (C=O) groups excluding carboxylic acids is 1. The van der Waals surface area contributed by atoms with E-state index < -0.39 is 29.2 Å². The highest BCUT2D eigenvalue weighted by atomic mass is 19.2. The molecule has 11 heteroatoms. The number of nitrogens with zero attached hydrogens (tertiary/aromatic N) is 6. The monoisotopic (exact) mass is 417 g/mol. The van der Waals surface area contributed by atoms with Gasteiger partial charge in [-0.2, -0.15) is 5.10 Å². The van der Waals surface area contributed by atoms with E-state index in [9.17, 15) is 18.0 Å². The summed E-state index contributed by atoms with van der Waals surface area (Å²) in [5.74, 6) is -3.04. The number of hydrogen-bond acceptors (Lipinski definition) is 5. The Morgan fingerprint density at radius 3 is 2.43 bits per heavy atom. The van der Waals surface area contributed by atoms with Crippen LogP contribution in [0.1, 0.15) is 5.69 Å². The molecule has 3 heterocycles. The van der Waals surface area contributed by atoms with Crippen LogP contribution in [0.25, 0.3) is 5.82 Å². The number of benzene rings is 1. The summed E-state index contributed by atoms with van der Waals surface area (Å²) in [5, 5.41) is 6.61. The Morgan fingerprint density at radius 1 is 1.00 bits per heavy atom. The number of urea groups is 1. The third-order valence-electron chi connectivity index (χ3n) is 4.76. The fraction of sp³-hybridized carbons (Fsp3) is 0.263. The number of halogens is 3. The Kier molecular flexibility index (Phi) is 5.25. The third kappa shape index (κ3) is 3.91. The summed E-state index contributed by atoms with van der Waals surface area (Å²) in [7, 11) is 0. The molecule has 0 bridgehead atoms. The van der Waals surface area contributed by atoms with Gasteiger partial charge in [-0.25, -0.2) is 32.6 Å². The van der Waals surface area contributed by atoms with E-state index in [4.69, 9.17) is 0 Å². The van der Waals surface area contributed by atoms with Crippen LogP contribution < -0.4 is 10.2 Å². The lowest BCUT2D eigenvalue weighted by Crippen LogP contribution is -2.50. The topological polar surface area (TPSA) is 79.2 Å². The predicted molar refractivity (Wildman–Crippen MR) is 103 cm³/mol. The van der Waals surface area contributed by atoms with Gasteiger partial charge in [-0.15, -0.1) is 0 Å². The molecule has 30 heavy (non-hydrogen) atoms. The number of piperazine rings is 1. The van der Waals surface area contributed by atoms with Crippen LogP contribution in [0.2, 0.25) is 0 Å². The molecule has 1 saturated heterocycles. The van der Waals surface area contributed by atoms with Crippen LogP contribution in [0, 0.1) is 24.4 Å². The van der Waals surface area contributed by atoms with E-state index in [0.29, 0.717) is 37.8 Å². The Balaban J connectivity index is 1.39. The van der Waals surface area contributed by atoms with Crippen molar-refractivity contribution in [2.24, 2.45) is 0 Å². The molecule has 0 saturated carbocycles. The van der Waals surface area contributed by atoms with E-state index in [1.165, 1.54) is 11.2 Å². The smallest absolute Gasteiger partial charge is 0.322 e. The fourth-order valence-corrected chi connectivity index (χ4v) is 3.13. The predicted octanol–water partition coefficient (Wildman–Crippen LogP) is 2.74. The summed E-state index contributed by atoms with van der Waals surface area (Å²) in [6.45, 7) is 3.55. The SMILES string of the molecule is Cc1ccn(-c2cc(N3CCN(C(=O)Nc4ccc(F)c(F)c4F)CC3)ncn2)n1. The summed E-state index contributed by atoms with van der Waals surface area (Å²) in [5.41, 5.74) is 0.462. The minimum atomic E-state index is -1.62. The number of aryl methyl sites for hydroxylation is 1. The molecule has 0 spiro atoms. The number of anilines is 2. The maximum atomic E-state index is 13.8. The first kappa shape index (κ1) is 19.7. The quantitative estimate of drug-likeness (QED) is 0.663. The molecule has 0 radical (unpaired) electrons. The molecule has 2 aromatic heterocycles. The zero-order valence-corrected chi connectivity index (χ0v) is 16.0. The highest BCUT2D eigenvalue weighted by Gasteiger charge is 2.24. The molecule has 1 N–H and O–H groups in total. The van der Waals surface area contributed by atoms with Crippen molar-refractivity contribution in [3.63, 3.8) is 0 Å². The van der Waals surface area contributed by atoms with E-state index >= 15 is 0 Å². The van der Waals surface area contributed by atoms with E-state index in [-0.39, 0.29) is 0 Å². The average molecular weight is 417 g/mol. The fourth-order valence-electron chi connectivity index (χ4n) is 3.13. The van der Waals surface area contributed by atoms with Crippen molar-refractivity contribution >= 4 is 17.5 Å². The normalized spacial score (nSPS) is 14.1. The molecule has 8 nitrogen and oxygen atoms in total. The second-order valence-electron chi connectivity index (χ2n) is 6.76. The van der Waals surface area contributed by atoms with Gasteiger partial charge in [0.2, 0.25) is 0 Å². The molecule has 1 aromatic carbocycles. The van der Waals surface area contributed by atoms with Gasteiger partial charge in [-0.3, -0.25) is 0 Å². The maximum Gasteiger partial charge on any atom is 0.322 e. The second-order valence-corrected chi connectivity index (χ2v) is 6.76. The molecular weight excluding hydrogens is 399 g/mol. The molecule has 1 aliphatic rings. The maximum absolute atomic E-state index is 13.8. The van der Waals surface area contributed by atoms with Crippen molar-refractivity contribution in [1.82, 2.24) is 24.6 Å². The van der Waals surface area contributed by atoms with Crippen LogP contribution in [0.15, 0.2) is 36.8 Å². The highest BCUT2D eigenvalue weighted by molar-refractivity contribution is 5.89. The van der Waals surface area contributed by atoms with Crippen molar-refractivity contribution in [2.75, 3.05) is 36.4 Å². The van der Waals surface area contributed by atoms with Gasteiger partial charge in [0.15, 0.2) is 23.3 Å². The van der Waals surface area contributed by atoms with Gasteiger partial charge in [0.25, 0.3) is 0 Å². The Bertz CT molecular complexity index is 1080. The van der Waals surface area contributed by atoms with Crippen molar-refractivity contribution in [3.05, 3.63) is 59.9 Å². The summed E-state index contributed by atoms with van der Waals surface area (Å²) >= 11 is 0. The van der Waals surface area contributed by atoms with Gasteiger partial charge < -0.3 is 15.1 Å². The number of nitrogens with one attached hydrogen (secondary N) is 1. The van der Waals surface area contributed by atoms with Crippen LogP contribution in [0.3, 0.4) is 0 Å². The molecule has 1 fully saturated rings. The van der Waals surface area contributed by atoms with E-state index in [2.05, 4.69) is 20.4 Å². The molecule has 0 aliphatic carbocycles. The minimum Gasteiger partial charge on any atom is -0.353 e. The van der Waals surface area contributed by atoms with Crippen LogP contribution in [0.4, 0.5) is 29.5 Å². The van der Waals surface area contributed by atoms with Crippen molar-refractivity contribution < 1.29 is 18.0 Å². The average Bonchev–Trinajstić information content (AvgIpc) is 3.21. The van der Waals surface area contributed by atoms with E-state index in [1.54, 1.807) is 16.9 Å². The van der Waals surface area contributed by atoms with Crippen molar-refractivity contribution in [2.45, 2.75) is 6.92 Å². The lowest BCUT2D eigenvalue weighted by Gasteiger charge is -2.35. The minimum absolute atomic E-state index is 0.345. The first-order valence-electron chi connectivity index (χ1n) is 9.21. The van der Waals surface area contributed by atoms with Gasteiger partial charge in [0, 0.05) is 38.4 Å². The second kappa shape index (κ2) is 8.01. The van der Waals surface area contributed by atoms with Gasteiger partial charge >= 0.3 is 6.03 Å². The van der Waals surface area contributed by atoms with Crippen LogP contribution in [-0.4, -0.2) is 56.9 Å². The van der Waals surface area contributed by atoms with Crippen LogP contribution in [-0.2, 0) is 0 Å². The standard InChI is InChI=1S/C19H18F3N7O/c1-12-4-5-29(26-12)16-10-15(23-11-24-16)27-6-8-28(9-7-27)19(30)25-14-3-2-13(20)17(21)18(14)22/h2-5,10-11H,6-9H2,1H3,(H,25,30). The molecule has 4 rings (SSSR count). The molecular formula is C19H18F3N7O. The van der Waals surface area contributed by atoms with Crippen LogP contribution >= 0.6 is 0 Å². The number of hydrogen-bond donors (Lipinski definition) is 1. The molecule has 3 aromatic rings. The number of aromatic nitrogens is 4. The molecule has 156 valence electrons. The van der Waals surface area contributed by atoms with E-state index in [1.807, 2.05) is 17.9 Å². The first-order valence-corrected chi connectivity index (χ1v) is 9.21. The van der Waals surface area contributed by atoms with E-state index in [0.717, 1.165) is 17.8 Å². The van der Waals surface area contributed by atoms with Gasteiger partial charge in [-0.05, 0) is 25.1 Å². The Morgan fingerprint density at radius 2 is 1.73 bits per heavy atom. The van der Waals surface area contributed by atoms with Crippen LogP contribution in [0.5, 0.6) is 0 Å². The number of carbonyl (C=O) groups is 1. The third-order valence-corrected chi connectivity index (χ3v) is 4.76. The lowest BCUT2D eigenvalue weighted by atomic mass is 10.2. The Labute approximate surface area is 170 Å². The zero-order valence-electron chi connectivity index (χ0n) is 16.0. The lowest BCUT2D eigenvalue weighted by molar-refractivity contribution is 0.208. The van der Waals surface area contributed by atoms with Gasteiger partial charge in [0.05, 0.1) is 11.4 Å². The largest absolute Gasteiger partial charge is 0.353 e. The molecule has 0 atom stereocenters. The summed E-state index contributed by atoms with van der Waals surface area (Å²) < 4.78 is 41.8. The van der Waals surface area contributed by atoms with Crippen molar-refractivity contribution in [3.8, 4) is 5.82 Å². The highest BCUT2D eigenvalue weighted by Crippen LogP contribution is 2.21. The number of rotatable bonds is 3. The summed E-state index contributed by atoms with van der Waals surface area (Å²) in [6.07, 6.45) is 3.26. The van der Waals surface area contributed by atoms with Crippen molar-refractivity contribution in [1.29, 1.82) is 0 Å². The molecule has 2 amide bonds. The number of amides is 2. The van der Waals surface area contributed by atoms with Gasteiger partial charge in [-0.1, -0.05) is 0 Å². The first-order chi connectivity index (χ1) is 14.4. The summed E-state index contributed by atoms with van der Waals surface area (Å²) in [6, 6.07) is 4.84. The summed E-state index contributed by atoms with van der Waals surface area (Å²) in [4.78, 5) is 24.3. The molecule has 1 aliphatic heterocycles. The van der Waals surface area contributed by atoms with Gasteiger partial charge in [0.1, 0.15) is 12.1 Å². The molecule has 0 unspecified atom stereocenters. The zero-order chi connectivity index (χ0) is 21.3. The Hall–Kier alpha value is -3.63.